The summed E-state index contributed by atoms with van der Waals surface area (Å²) in [5.74, 6) is -2.33. The van der Waals surface area contributed by atoms with Crippen LogP contribution in [0.3, 0.4) is 0 Å². The van der Waals surface area contributed by atoms with Gasteiger partial charge in [0.1, 0.15) is 0 Å². The number of benzene rings is 1. The Morgan fingerprint density at radius 1 is 1.19 bits per heavy atom. The van der Waals surface area contributed by atoms with Gasteiger partial charge in [0, 0.05) is 42.1 Å². The van der Waals surface area contributed by atoms with Crippen molar-refractivity contribution < 1.29 is 23.6 Å². The number of hydroxylamine groups is 1. The zero-order valence-corrected chi connectivity index (χ0v) is 15.6. The van der Waals surface area contributed by atoms with E-state index in [2.05, 4.69) is 0 Å². The third kappa shape index (κ3) is 3.88. The van der Waals surface area contributed by atoms with Crippen molar-refractivity contribution in [2.75, 3.05) is 0 Å². The number of nitrogens with zero attached hydrogens (tertiary/aromatic N) is 1. The lowest BCUT2D eigenvalue weighted by Gasteiger charge is -2.29. The molecule has 1 heterocycles. The van der Waals surface area contributed by atoms with Gasteiger partial charge in [0.15, 0.2) is 17.4 Å². The van der Waals surface area contributed by atoms with Gasteiger partial charge in [-0.3, -0.25) is 14.8 Å². The zero-order valence-electron chi connectivity index (χ0n) is 15.6. The number of rotatable bonds is 6. The first kappa shape index (κ1) is 19.5. The number of hydrogen-bond acceptors (Lipinski definition) is 3. The zero-order chi connectivity index (χ0) is 19.8. The number of aromatic nitrogens is 1. The number of carbonyl (C=O) groups is 2. The van der Waals surface area contributed by atoms with Gasteiger partial charge in [0.25, 0.3) is 0 Å². The first-order valence-corrected chi connectivity index (χ1v) is 9.20. The molecule has 0 spiro atoms. The predicted octanol–water partition coefficient (Wildman–Crippen LogP) is 4.14. The molecule has 1 aromatic heterocycles. The highest BCUT2D eigenvalue weighted by molar-refractivity contribution is 6.10. The van der Waals surface area contributed by atoms with Crippen LogP contribution in [0.1, 0.15) is 62.0 Å². The predicted molar refractivity (Wildman–Crippen MR) is 96.7 cm³/mol. The summed E-state index contributed by atoms with van der Waals surface area (Å²) in [4.78, 5) is 23.8. The van der Waals surface area contributed by atoms with Crippen LogP contribution in [-0.2, 0) is 17.8 Å². The highest BCUT2D eigenvalue weighted by Gasteiger charge is 2.35. The summed E-state index contributed by atoms with van der Waals surface area (Å²) in [7, 11) is 0. The molecule has 0 saturated carbocycles. The molecule has 0 atom stereocenters. The van der Waals surface area contributed by atoms with Crippen LogP contribution in [0.2, 0.25) is 0 Å². The Balaban J connectivity index is 1.92. The Hall–Kier alpha value is -2.28. The molecule has 1 amide bonds. The number of halogens is 2. The number of hydrogen-bond donors (Lipinski definition) is 2. The van der Waals surface area contributed by atoms with Gasteiger partial charge < -0.3 is 4.57 Å². The van der Waals surface area contributed by atoms with E-state index in [-0.39, 0.29) is 17.6 Å². The van der Waals surface area contributed by atoms with Crippen LogP contribution in [-0.4, -0.2) is 21.5 Å². The van der Waals surface area contributed by atoms with E-state index in [1.807, 2.05) is 18.4 Å². The van der Waals surface area contributed by atoms with E-state index in [0.29, 0.717) is 42.3 Å². The molecule has 2 N–H and O–H groups in total. The van der Waals surface area contributed by atoms with E-state index in [9.17, 15) is 18.4 Å². The van der Waals surface area contributed by atoms with Gasteiger partial charge in [-0.25, -0.2) is 14.3 Å². The van der Waals surface area contributed by atoms with Crippen LogP contribution >= 0.6 is 0 Å². The maximum Gasteiger partial charge on any atom is 0.243 e. The van der Waals surface area contributed by atoms with Gasteiger partial charge in [-0.05, 0) is 30.7 Å². The standard InChI is InChI=1S/C20H24F2N2O3/c1-20(2)10-16-19(17(25)11-20)12-8-13(21)14(22)9-15(12)24(16)7-5-3-4-6-18(26)23-27/h8-9,27H,3-7,10-11H2,1-2H3,(H,23,26). The number of unbranched alkanes of at least 4 members (excludes halogenated alkanes) is 2. The normalized spacial score (nSPS) is 15.8. The van der Waals surface area contributed by atoms with Crippen molar-refractivity contribution in [2.45, 2.75) is 58.9 Å². The molecule has 0 radical (unpaired) electrons. The maximum atomic E-state index is 13.9. The molecule has 7 heteroatoms. The second-order valence-electron chi connectivity index (χ2n) is 8.04. The smallest absolute Gasteiger partial charge is 0.243 e. The molecule has 3 rings (SSSR count). The molecule has 27 heavy (non-hydrogen) atoms. The number of ketones is 1. The van der Waals surface area contributed by atoms with Gasteiger partial charge in [-0.2, -0.15) is 0 Å². The summed E-state index contributed by atoms with van der Waals surface area (Å²) in [6, 6.07) is 2.30. The van der Waals surface area contributed by atoms with Crippen LogP contribution in [0.5, 0.6) is 0 Å². The molecule has 1 aliphatic carbocycles. The molecule has 1 aromatic carbocycles. The summed E-state index contributed by atoms with van der Waals surface area (Å²) in [6.07, 6.45) is 3.35. The van der Waals surface area contributed by atoms with Crippen molar-refractivity contribution in [1.82, 2.24) is 10.0 Å². The van der Waals surface area contributed by atoms with Crippen LogP contribution in [0, 0.1) is 17.0 Å². The third-order valence-electron chi connectivity index (χ3n) is 5.19. The number of aryl methyl sites for hydroxylation is 1. The second kappa shape index (κ2) is 7.38. The summed E-state index contributed by atoms with van der Waals surface area (Å²) in [6.45, 7) is 4.59. The van der Waals surface area contributed by atoms with E-state index in [1.54, 1.807) is 5.48 Å². The number of fused-ring (bicyclic) bond motifs is 3. The first-order valence-electron chi connectivity index (χ1n) is 9.20. The minimum Gasteiger partial charge on any atom is -0.344 e. The summed E-state index contributed by atoms with van der Waals surface area (Å²) >= 11 is 0. The van der Waals surface area contributed by atoms with Gasteiger partial charge in [0.05, 0.1) is 5.52 Å². The topological polar surface area (TPSA) is 71.3 Å². The molecule has 0 saturated heterocycles. The molecule has 0 aliphatic heterocycles. The highest BCUT2D eigenvalue weighted by Crippen LogP contribution is 2.40. The fourth-order valence-electron chi connectivity index (χ4n) is 3.97. The molecular formula is C20H24F2N2O3. The summed E-state index contributed by atoms with van der Waals surface area (Å²) < 4.78 is 29.6. The van der Waals surface area contributed by atoms with Gasteiger partial charge >= 0.3 is 0 Å². The van der Waals surface area contributed by atoms with Crippen molar-refractivity contribution in [2.24, 2.45) is 5.41 Å². The van der Waals surface area contributed by atoms with Crippen LogP contribution in [0.4, 0.5) is 8.78 Å². The average Bonchev–Trinajstić information content (AvgIpc) is 2.86. The van der Waals surface area contributed by atoms with E-state index in [1.165, 1.54) is 6.07 Å². The van der Waals surface area contributed by atoms with Gasteiger partial charge in [-0.1, -0.05) is 20.3 Å². The van der Waals surface area contributed by atoms with Crippen LogP contribution in [0.15, 0.2) is 12.1 Å². The number of amides is 1. The molecule has 146 valence electrons. The molecule has 0 unspecified atom stereocenters. The van der Waals surface area contributed by atoms with Crippen molar-refractivity contribution >= 4 is 22.6 Å². The minimum absolute atomic E-state index is 0.0318. The summed E-state index contributed by atoms with van der Waals surface area (Å²) in [5, 5.41) is 8.99. The van der Waals surface area contributed by atoms with Crippen molar-refractivity contribution in [3.8, 4) is 0 Å². The Labute approximate surface area is 156 Å². The Morgan fingerprint density at radius 2 is 1.89 bits per heavy atom. The average molecular weight is 378 g/mol. The lowest BCUT2D eigenvalue weighted by Crippen LogP contribution is -2.28. The van der Waals surface area contributed by atoms with Gasteiger partial charge in [0.2, 0.25) is 5.91 Å². The Morgan fingerprint density at radius 3 is 2.59 bits per heavy atom. The second-order valence-corrected chi connectivity index (χ2v) is 8.04. The van der Waals surface area contributed by atoms with Crippen molar-refractivity contribution in [3.63, 3.8) is 0 Å². The van der Waals surface area contributed by atoms with Crippen LogP contribution in [0.25, 0.3) is 10.9 Å². The number of carbonyl (C=O) groups excluding carboxylic acids is 2. The molecular weight excluding hydrogens is 354 g/mol. The molecule has 0 fully saturated rings. The van der Waals surface area contributed by atoms with Crippen molar-refractivity contribution in [1.29, 1.82) is 0 Å². The Bertz CT molecular complexity index is 902. The van der Waals surface area contributed by atoms with E-state index < -0.39 is 17.5 Å². The first-order chi connectivity index (χ1) is 12.7. The lowest BCUT2D eigenvalue weighted by atomic mass is 9.75. The Kier molecular flexibility index (Phi) is 5.33. The molecule has 5 nitrogen and oxygen atoms in total. The third-order valence-corrected chi connectivity index (χ3v) is 5.19. The highest BCUT2D eigenvalue weighted by atomic mass is 19.2. The van der Waals surface area contributed by atoms with E-state index >= 15 is 0 Å². The molecule has 0 bridgehead atoms. The minimum atomic E-state index is -0.949. The van der Waals surface area contributed by atoms with Crippen LogP contribution < -0.4 is 5.48 Å². The molecule has 2 aromatic rings. The van der Waals surface area contributed by atoms with E-state index in [4.69, 9.17) is 5.21 Å². The quantitative estimate of drug-likeness (QED) is 0.451. The monoisotopic (exact) mass is 378 g/mol. The van der Waals surface area contributed by atoms with Crippen molar-refractivity contribution in [3.05, 3.63) is 35.0 Å². The summed E-state index contributed by atoms with van der Waals surface area (Å²) in [5.41, 5.74) is 3.29. The lowest BCUT2D eigenvalue weighted by molar-refractivity contribution is -0.129. The maximum absolute atomic E-state index is 13.9. The van der Waals surface area contributed by atoms with E-state index in [0.717, 1.165) is 24.6 Å². The fourth-order valence-corrected chi connectivity index (χ4v) is 3.97. The SMILES string of the molecule is CC1(C)CC(=O)c2c(n(CCCCCC(=O)NO)c3cc(F)c(F)cc23)C1. The number of nitrogens with one attached hydrogen (secondary N) is 1. The largest absolute Gasteiger partial charge is 0.344 e. The molecule has 1 aliphatic rings. The van der Waals surface area contributed by atoms with Gasteiger partial charge in [-0.15, -0.1) is 0 Å². The number of Topliss-reactive ketones (excluding diaryl/α,β-unsaturated/α-hetero) is 1. The fraction of sp³-hybridized carbons (Fsp3) is 0.500.